The molecule has 5 heteroatoms. The number of piperazine rings is 1. The predicted octanol–water partition coefficient (Wildman–Crippen LogP) is 3.18. The minimum atomic E-state index is 0.566. The first-order valence-electron chi connectivity index (χ1n) is 7.03. The third kappa shape index (κ3) is 4.26. The molecular weight excluding hydrogens is 295 g/mol. The quantitative estimate of drug-likeness (QED) is 0.829. The number of ether oxygens (including phenoxy) is 1. The molecule has 2 rings (SSSR count). The van der Waals surface area contributed by atoms with Crippen molar-refractivity contribution < 1.29 is 4.74 Å². The summed E-state index contributed by atoms with van der Waals surface area (Å²) in [6, 6.07) is 3.91. The molecule has 0 aliphatic carbocycles. The van der Waals surface area contributed by atoms with E-state index in [1.165, 1.54) is 31.7 Å². The Balaban J connectivity index is 1.82. The first kappa shape index (κ1) is 15.9. The van der Waals surface area contributed by atoms with Gasteiger partial charge in [0.25, 0.3) is 0 Å². The highest BCUT2D eigenvalue weighted by molar-refractivity contribution is 6.37. The molecule has 20 heavy (non-hydrogen) atoms. The Morgan fingerprint density at radius 2 is 1.70 bits per heavy atom. The number of nitrogens with zero attached hydrogens (tertiary/aromatic N) is 2. The van der Waals surface area contributed by atoms with Gasteiger partial charge in [0.15, 0.2) is 5.75 Å². The second kappa shape index (κ2) is 7.51. The van der Waals surface area contributed by atoms with Gasteiger partial charge in [-0.1, -0.05) is 23.2 Å². The molecule has 1 fully saturated rings. The van der Waals surface area contributed by atoms with Crippen molar-refractivity contribution in [1.82, 2.24) is 9.80 Å². The second-order valence-electron chi connectivity index (χ2n) is 5.34. The minimum Gasteiger partial charge on any atom is -0.494 e. The van der Waals surface area contributed by atoms with Gasteiger partial charge in [0.2, 0.25) is 0 Å². The standard InChI is InChI=1S/C15H22Cl2N2O/c1-18-6-8-19(9-7-18)5-3-4-12-10-13(16)15(20-2)14(17)11-12/h10-11H,3-9H2,1-2H3. The maximum Gasteiger partial charge on any atom is 0.156 e. The Labute approximate surface area is 131 Å². The SMILES string of the molecule is COc1c(Cl)cc(CCCN2CCN(C)CC2)cc1Cl. The smallest absolute Gasteiger partial charge is 0.156 e. The molecule has 0 N–H and O–H groups in total. The van der Waals surface area contributed by atoms with E-state index in [0.717, 1.165) is 19.4 Å². The molecule has 0 unspecified atom stereocenters. The van der Waals surface area contributed by atoms with E-state index in [0.29, 0.717) is 15.8 Å². The van der Waals surface area contributed by atoms with Crippen LogP contribution in [0.1, 0.15) is 12.0 Å². The normalized spacial score (nSPS) is 17.4. The number of rotatable bonds is 5. The van der Waals surface area contributed by atoms with Crippen LogP contribution in [-0.2, 0) is 6.42 Å². The van der Waals surface area contributed by atoms with Crippen LogP contribution in [0.5, 0.6) is 5.75 Å². The zero-order valence-corrected chi connectivity index (χ0v) is 13.7. The molecule has 1 aromatic rings. The van der Waals surface area contributed by atoms with Gasteiger partial charge in [-0.3, -0.25) is 0 Å². The zero-order valence-electron chi connectivity index (χ0n) is 12.2. The van der Waals surface area contributed by atoms with Gasteiger partial charge in [0, 0.05) is 26.2 Å². The van der Waals surface area contributed by atoms with Crippen molar-refractivity contribution in [3.8, 4) is 5.75 Å². The fourth-order valence-electron chi connectivity index (χ4n) is 2.53. The summed E-state index contributed by atoms with van der Waals surface area (Å²) in [6.07, 6.45) is 2.12. The van der Waals surface area contributed by atoms with Crippen LogP contribution in [-0.4, -0.2) is 56.7 Å². The summed E-state index contributed by atoms with van der Waals surface area (Å²) in [4.78, 5) is 4.90. The van der Waals surface area contributed by atoms with Crippen molar-refractivity contribution in [3.63, 3.8) is 0 Å². The van der Waals surface area contributed by atoms with E-state index < -0.39 is 0 Å². The summed E-state index contributed by atoms with van der Waals surface area (Å²) in [5.41, 5.74) is 1.18. The van der Waals surface area contributed by atoms with Crippen LogP contribution >= 0.6 is 23.2 Å². The number of aryl methyl sites for hydroxylation is 1. The molecule has 1 saturated heterocycles. The topological polar surface area (TPSA) is 15.7 Å². The van der Waals surface area contributed by atoms with Gasteiger partial charge >= 0.3 is 0 Å². The third-order valence-electron chi connectivity index (χ3n) is 3.80. The van der Waals surface area contributed by atoms with Gasteiger partial charge in [-0.05, 0) is 44.1 Å². The van der Waals surface area contributed by atoms with Gasteiger partial charge in [-0.25, -0.2) is 0 Å². The first-order valence-corrected chi connectivity index (χ1v) is 7.78. The molecule has 0 atom stereocenters. The summed E-state index contributed by atoms with van der Waals surface area (Å²) in [7, 11) is 3.76. The number of halogens is 2. The molecule has 0 saturated carbocycles. The summed E-state index contributed by atoms with van der Waals surface area (Å²) in [6.45, 7) is 5.80. The molecule has 1 aliphatic heterocycles. The number of benzene rings is 1. The lowest BCUT2D eigenvalue weighted by atomic mass is 10.1. The van der Waals surface area contributed by atoms with Crippen LogP contribution in [0.25, 0.3) is 0 Å². The van der Waals surface area contributed by atoms with Gasteiger partial charge in [-0.15, -0.1) is 0 Å². The number of hydrogen-bond acceptors (Lipinski definition) is 3. The second-order valence-corrected chi connectivity index (χ2v) is 6.16. The summed E-state index contributed by atoms with van der Waals surface area (Å²) in [5, 5.41) is 1.18. The fraction of sp³-hybridized carbons (Fsp3) is 0.600. The van der Waals surface area contributed by atoms with E-state index in [1.807, 2.05) is 12.1 Å². The van der Waals surface area contributed by atoms with Crippen molar-refractivity contribution in [2.24, 2.45) is 0 Å². The number of likely N-dealkylation sites (N-methyl/N-ethyl adjacent to an activating group) is 1. The first-order chi connectivity index (χ1) is 9.60. The van der Waals surface area contributed by atoms with E-state index in [4.69, 9.17) is 27.9 Å². The van der Waals surface area contributed by atoms with Crippen molar-refractivity contribution in [1.29, 1.82) is 0 Å². The highest BCUT2D eigenvalue weighted by Gasteiger charge is 2.13. The maximum absolute atomic E-state index is 6.15. The van der Waals surface area contributed by atoms with Crippen LogP contribution in [0.15, 0.2) is 12.1 Å². The Hall–Kier alpha value is -0.480. The maximum atomic E-state index is 6.15. The Morgan fingerprint density at radius 1 is 1.10 bits per heavy atom. The summed E-state index contributed by atoms with van der Waals surface area (Å²) >= 11 is 12.3. The van der Waals surface area contributed by atoms with Crippen molar-refractivity contribution in [2.45, 2.75) is 12.8 Å². The van der Waals surface area contributed by atoms with Crippen molar-refractivity contribution in [2.75, 3.05) is 46.9 Å². The van der Waals surface area contributed by atoms with Crippen LogP contribution in [0.2, 0.25) is 10.0 Å². The lowest BCUT2D eigenvalue weighted by Crippen LogP contribution is -2.44. The summed E-state index contributed by atoms with van der Waals surface area (Å²) in [5.74, 6) is 0.566. The molecule has 0 radical (unpaired) electrons. The highest BCUT2D eigenvalue weighted by atomic mass is 35.5. The highest BCUT2D eigenvalue weighted by Crippen LogP contribution is 2.34. The third-order valence-corrected chi connectivity index (χ3v) is 4.36. The Kier molecular flexibility index (Phi) is 5.97. The molecular formula is C15H22Cl2N2O. The Morgan fingerprint density at radius 3 is 2.25 bits per heavy atom. The van der Waals surface area contributed by atoms with Gasteiger partial charge in [0.05, 0.1) is 17.2 Å². The van der Waals surface area contributed by atoms with E-state index in [2.05, 4.69) is 16.8 Å². The van der Waals surface area contributed by atoms with Crippen LogP contribution in [0.3, 0.4) is 0 Å². The largest absolute Gasteiger partial charge is 0.494 e. The molecule has 0 bridgehead atoms. The molecule has 0 aromatic heterocycles. The average molecular weight is 317 g/mol. The molecule has 0 spiro atoms. The van der Waals surface area contributed by atoms with Crippen LogP contribution in [0, 0.1) is 0 Å². The number of methoxy groups -OCH3 is 1. The average Bonchev–Trinajstić information content (AvgIpc) is 2.41. The van der Waals surface area contributed by atoms with Crippen molar-refractivity contribution >= 4 is 23.2 Å². The van der Waals surface area contributed by atoms with Crippen LogP contribution < -0.4 is 4.74 Å². The van der Waals surface area contributed by atoms with E-state index >= 15 is 0 Å². The lowest BCUT2D eigenvalue weighted by Gasteiger charge is -2.32. The molecule has 1 aromatic carbocycles. The molecule has 1 heterocycles. The van der Waals surface area contributed by atoms with Crippen molar-refractivity contribution in [3.05, 3.63) is 27.7 Å². The van der Waals surface area contributed by atoms with E-state index in [1.54, 1.807) is 7.11 Å². The Bertz CT molecular complexity index is 422. The fourth-order valence-corrected chi connectivity index (χ4v) is 3.22. The molecule has 0 amide bonds. The number of hydrogen-bond donors (Lipinski definition) is 0. The van der Waals surface area contributed by atoms with Gasteiger partial charge in [-0.2, -0.15) is 0 Å². The zero-order chi connectivity index (χ0) is 14.5. The molecule has 3 nitrogen and oxygen atoms in total. The van der Waals surface area contributed by atoms with Crippen LogP contribution in [0.4, 0.5) is 0 Å². The monoisotopic (exact) mass is 316 g/mol. The predicted molar refractivity (Wildman–Crippen MR) is 85.3 cm³/mol. The lowest BCUT2D eigenvalue weighted by molar-refractivity contribution is 0.153. The van der Waals surface area contributed by atoms with E-state index in [9.17, 15) is 0 Å². The van der Waals surface area contributed by atoms with E-state index in [-0.39, 0.29) is 0 Å². The molecule has 112 valence electrons. The minimum absolute atomic E-state index is 0.566. The molecule has 1 aliphatic rings. The summed E-state index contributed by atoms with van der Waals surface area (Å²) < 4.78 is 5.16. The van der Waals surface area contributed by atoms with Gasteiger partial charge < -0.3 is 14.5 Å². The van der Waals surface area contributed by atoms with Gasteiger partial charge in [0.1, 0.15) is 0 Å².